The van der Waals surface area contributed by atoms with Gasteiger partial charge in [0.2, 0.25) is 0 Å². The summed E-state index contributed by atoms with van der Waals surface area (Å²) in [7, 11) is 0. The molecule has 1 atom stereocenters. The second kappa shape index (κ2) is 52.8. The summed E-state index contributed by atoms with van der Waals surface area (Å²) in [6.07, 6.45) is 17.7. The van der Waals surface area contributed by atoms with Crippen molar-refractivity contribution in [3.8, 4) is 0 Å². The normalized spacial score (nSPS) is 9.18. The van der Waals surface area contributed by atoms with Crippen LogP contribution in [-0.4, -0.2) is 6.61 Å². The fourth-order valence-corrected chi connectivity index (χ4v) is 2.48. The quantitative estimate of drug-likeness (QED) is 0.103. The van der Waals surface area contributed by atoms with Gasteiger partial charge in [-0.2, -0.15) is 0 Å². The third kappa shape index (κ3) is 40.4. The van der Waals surface area contributed by atoms with Gasteiger partial charge in [0, 0.05) is 27.7 Å². The van der Waals surface area contributed by atoms with E-state index in [4.69, 9.17) is 28.0 Å². The van der Waals surface area contributed by atoms with Crippen molar-refractivity contribution >= 4 is 6.08 Å². The van der Waals surface area contributed by atoms with Gasteiger partial charge < -0.3 is 4.74 Å². The van der Waals surface area contributed by atoms with Crippen LogP contribution in [0, 0.1) is 45.8 Å². The molecular weight excluding hydrogens is 604 g/mol. The van der Waals surface area contributed by atoms with Crippen molar-refractivity contribution in [2.75, 3.05) is 6.61 Å². The van der Waals surface area contributed by atoms with Gasteiger partial charge in [-0.1, -0.05) is 87.2 Å². The van der Waals surface area contributed by atoms with Gasteiger partial charge in [0.15, 0.2) is 0 Å². The van der Waals surface area contributed by atoms with Crippen molar-refractivity contribution < 1.29 is 49.1 Å². The van der Waals surface area contributed by atoms with Crippen LogP contribution in [0.2, 0.25) is 0 Å². The van der Waals surface area contributed by atoms with E-state index in [1.807, 2.05) is 13.5 Å². The molecule has 1 rings (SSSR count). The van der Waals surface area contributed by atoms with Crippen molar-refractivity contribution in [1.29, 1.82) is 0 Å². The Morgan fingerprint density at radius 1 is 0.794 bits per heavy atom. The van der Waals surface area contributed by atoms with Crippen LogP contribution >= 0.6 is 0 Å². The Balaban J connectivity index is -0.000000157. The summed E-state index contributed by atoms with van der Waals surface area (Å²) in [6.45, 7) is 29.6. The van der Waals surface area contributed by atoms with Gasteiger partial charge in [-0.05, 0) is 31.7 Å². The Morgan fingerprint density at radius 2 is 1.32 bits per heavy atom. The number of allylic oxidation sites excluding steroid dienone is 3. The fraction of sp³-hybridized carbons (Fsp3) is 0.407. The van der Waals surface area contributed by atoms with E-state index in [1.165, 1.54) is 31.2 Å². The number of benzene rings is 1. The topological polar surface area (TPSA) is 109 Å². The van der Waals surface area contributed by atoms with Crippen LogP contribution in [0.25, 0.3) is 6.08 Å². The first-order valence-corrected chi connectivity index (χ1v) is 10.2. The average molecular weight is 637 g/mol. The predicted octanol–water partition coefficient (Wildman–Crippen LogP) is 6.63. The number of hydrogen-bond acceptors (Lipinski definition) is 1. The molecule has 1 unspecified atom stereocenters. The Labute approximate surface area is 220 Å². The molecule has 1 aromatic carbocycles. The van der Waals surface area contributed by atoms with Crippen LogP contribution in [-0.2, 0) is 49.1 Å². The number of rotatable bonds is 13. The molecule has 7 heteroatoms. The van der Waals surface area contributed by atoms with E-state index in [1.54, 1.807) is 0 Å². The second-order valence-electron chi connectivity index (χ2n) is 5.94. The third-order valence-corrected chi connectivity index (χ3v) is 3.85. The Bertz CT molecular complexity index is 595. The summed E-state index contributed by atoms with van der Waals surface area (Å²) < 4.78 is 43.0. The van der Waals surface area contributed by atoms with Gasteiger partial charge in [0.05, 0.1) is 0 Å². The molecule has 184 valence electrons. The van der Waals surface area contributed by atoms with Gasteiger partial charge in [0.1, 0.15) is 0 Å². The summed E-state index contributed by atoms with van der Waals surface area (Å²) in [6, 6.07) is 10.5. The average Bonchev–Trinajstić information content (AvgIpc) is 2.92. The summed E-state index contributed by atoms with van der Waals surface area (Å²) in [5, 5.41) is 0. The van der Waals surface area contributed by atoms with E-state index >= 15 is 0 Å². The first kappa shape index (κ1) is 45.5. The second-order valence-corrected chi connectivity index (χ2v) is 5.94. The zero-order chi connectivity index (χ0) is 26.6. The fourth-order valence-electron chi connectivity index (χ4n) is 2.48. The van der Waals surface area contributed by atoms with Crippen LogP contribution in [0.3, 0.4) is 0 Å². The maximum Gasteiger partial charge on any atom is 0 e. The van der Waals surface area contributed by atoms with Gasteiger partial charge >= 0.3 is 56.5 Å². The molecule has 34 heavy (non-hydrogen) atoms. The van der Waals surface area contributed by atoms with E-state index in [2.05, 4.69) is 94.8 Å². The summed E-state index contributed by atoms with van der Waals surface area (Å²) in [5.41, 5.74) is 1.26. The molecule has 0 fully saturated rings. The molecule has 0 saturated heterocycles. The predicted molar refractivity (Wildman–Crippen MR) is 122 cm³/mol. The number of unbranched alkanes of at least 4 members (excludes halogenated alkanes) is 3. The molecule has 0 aliphatic carbocycles. The molecule has 0 saturated carbocycles. The van der Waals surface area contributed by atoms with E-state index in [-0.39, 0.29) is 21.1 Å². The van der Waals surface area contributed by atoms with Gasteiger partial charge in [-0.15, -0.1) is 5.92 Å². The van der Waals surface area contributed by atoms with Crippen LogP contribution in [0.5, 0.6) is 0 Å². The molecule has 0 N–H and O–H groups in total. The zero-order valence-electron chi connectivity index (χ0n) is 19.9. The van der Waals surface area contributed by atoms with Gasteiger partial charge in [0.25, 0.3) is 0 Å². The maximum absolute atomic E-state index is 7.50. The minimum Gasteiger partial charge on any atom is 0 e. The van der Waals surface area contributed by atoms with Crippen LogP contribution in [0.15, 0.2) is 48.6 Å². The van der Waals surface area contributed by atoms with Crippen LogP contribution in [0.1, 0.15) is 64.4 Å². The molecule has 0 spiro atoms. The molecule has 0 amide bonds. The van der Waals surface area contributed by atoms with E-state index in [9.17, 15) is 0 Å². The smallest absolute Gasteiger partial charge is 0 e. The van der Waals surface area contributed by atoms with Gasteiger partial charge in [-0.25, -0.2) is 6.61 Å². The van der Waals surface area contributed by atoms with Crippen molar-refractivity contribution in [1.82, 2.24) is 0 Å². The SMILES string of the molecule is CCCCC/C=C/CCC([CH-]OCC)C/C=C/c1ccccc1.[C-]#[O+].[C-]#[O+].[C-]#[O+].[C-]#[O+].[C-]#[O+].[W]. The number of hydrogen-bond donors (Lipinski definition) is 0. The Hall–Kier alpha value is -1.95. The summed E-state index contributed by atoms with van der Waals surface area (Å²) in [5.74, 6) is 0.496. The molecule has 0 bridgehead atoms. The standard InChI is InChI=1S/C22H33O.5CO.W/c1-3-5-6-7-8-9-11-17-22(20-23-4-2)19-14-18-21-15-12-10-13-16-21;5*1-2;/h8-10,12-16,18,20,22H,3-7,11,17,19H2,1-2H3;;;;;;/q-1;;;;;;/b9-8+,18-14+;;;;;;. The molecule has 0 aliphatic rings. The van der Waals surface area contributed by atoms with E-state index in [0.29, 0.717) is 5.92 Å². The Morgan fingerprint density at radius 3 is 1.82 bits per heavy atom. The van der Waals surface area contributed by atoms with Crippen molar-refractivity contribution in [2.45, 2.75) is 58.8 Å². The third-order valence-electron chi connectivity index (χ3n) is 3.85. The maximum atomic E-state index is 7.50. The first-order chi connectivity index (χ1) is 16.4. The zero-order valence-corrected chi connectivity index (χ0v) is 22.8. The van der Waals surface area contributed by atoms with Crippen molar-refractivity contribution in [3.63, 3.8) is 0 Å². The molecule has 0 radical (unpaired) electrons. The minimum absolute atomic E-state index is 0. The Kier molecular flexibility index (Phi) is 70.7. The van der Waals surface area contributed by atoms with Crippen LogP contribution < -0.4 is 0 Å². The van der Waals surface area contributed by atoms with Crippen molar-refractivity contribution in [3.05, 3.63) is 94.0 Å². The molecule has 0 aliphatic heterocycles. The summed E-state index contributed by atoms with van der Waals surface area (Å²) >= 11 is 0. The molecule has 1 aromatic rings. The summed E-state index contributed by atoms with van der Waals surface area (Å²) in [4.78, 5) is 0. The molecule has 0 aromatic heterocycles. The van der Waals surface area contributed by atoms with E-state index < -0.39 is 0 Å². The van der Waals surface area contributed by atoms with Crippen molar-refractivity contribution in [2.24, 2.45) is 5.92 Å². The largest absolute Gasteiger partial charge is 0 e. The van der Waals surface area contributed by atoms with Gasteiger partial charge in [-0.3, -0.25) is 0 Å². The minimum atomic E-state index is 0. The van der Waals surface area contributed by atoms with E-state index in [0.717, 1.165) is 25.9 Å². The number of ether oxygens (including phenoxy) is 1. The molecule has 0 heterocycles. The molecule has 6 nitrogen and oxygen atoms in total. The monoisotopic (exact) mass is 637 g/mol. The molecular formula is C27H33O6W-. The van der Waals surface area contributed by atoms with Crippen LogP contribution in [0.4, 0.5) is 0 Å². The first-order valence-electron chi connectivity index (χ1n) is 10.2.